The van der Waals surface area contributed by atoms with Crippen molar-refractivity contribution in [3.05, 3.63) is 230 Å². The quantitative estimate of drug-likeness (QED) is 0.150. The van der Waals surface area contributed by atoms with Gasteiger partial charge in [0.1, 0.15) is 0 Å². The van der Waals surface area contributed by atoms with Crippen LogP contribution in [0.2, 0.25) is 0 Å². The molecule has 0 saturated heterocycles. The second-order valence-corrected chi connectivity index (χ2v) is 16.4. The minimum atomic E-state index is 0.915. The molecule has 0 aliphatic heterocycles. The van der Waals surface area contributed by atoms with E-state index in [1.807, 2.05) is 6.08 Å². The molecule has 0 fully saturated rings. The van der Waals surface area contributed by atoms with E-state index in [1.165, 1.54) is 54.6 Å². The molecular weight excluding hydrogens is 777 g/mol. The molecule has 12 rings (SSSR count). The van der Waals surface area contributed by atoms with Crippen molar-refractivity contribution < 1.29 is 0 Å². The van der Waals surface area contributed by atoms with Gasteiger partial charge in [0.25, 0.3) is 0 Å². The molecule has 0 bridgehead atoms. The number of nitrogens with zero attached hydrogens (tertiary/aromatic N) is 4. The van der Waals surface area contributed by atoms with Crippen LogP contribution in [-0.2, 0) is 0 Å². The maximum Gasteiger partial charge on any atom is 0.0715 e. The molecule has 64 heavy (non-hydrogen) atoms. The Balaban J connectivity index is 0.977. The first-order chi connectivity index (χ1) is 31.7. The third-order valence-corrected chi connectivity index (χ3v) is 12.8. The Hall–Kier alpha value is -8.47. The Labute approximate surface area is 371 Å². The van der Waals surface area contributed by atoms with Crippen LogP contribution in [0.4, 0.5) is 0 Å². The largest absolute Gasteiger partial charge is 0.309 e. The van der Waals surface area contributed by atoms with Crippen molar-refractivity contribution in [3.63, 3.8) is 0 Å². The second-order valence-electron chi connectivity index (χ2n) is 16.4. The first-order valence-electron chi connectivity index (χ1n) is 21.9. The molecule has 4 nitrogen and oxygen atoms in total. The van der Waals surface area contributed by atoms with Crippen molar-refractivity contribution in [2.75, 3.05) is 0 Å². The summed E-state index contributed by atoms with van der Waals surface area (Å²) < 4.78 is 7.02. The fraction of sp³-hybridized carbons (Fsp3) is 0.0167. The average molecular weight is 819 g/mol. The van der Waals surface area contributed by atoms with Crippen LogP contribution in [-0.4, -0.2) is 18.7 Å². The highest BCUT2D eigenvalue weighted by Gasteiger charge is 2.17. The lowest BCUT2D eigenvalue weighted by Crippen LogP contribution is -1.97. The summed E-state index contributed by atoms with van der Waals surface area (Å²) in [4.78, 5) is 5.39. The predicted molar refractivity (Wildman–Crippen MR) is 271 cm³/mol. The van der Waals surface area contributed by atoms with Crippen molar-refractivity contribution in [3.8, 4) is 50.7 Å². The lowest BCUT2D eigenvalue weighted by atomic mass is 9.99. The Morgan fingerprint density at radius 1 is 0.375 bits per heavy atom. The van der Waals surface area contributed by atoms with Gasteiger partial charge >= 0.3 is 0 Å². The molecule has 0 aliphatic rings. The van der Waals surface area contributed by atoms with Gasteiger partial charge < -0.3 is 13.7 Å². The van der Waals surface area contributed by atoms with E-state index in [9.17, 15) is 0 Å². The van der Waals surface area contributed by atoms with Crippen LogP contribution in [0, 0.1) is 0 Å². The van der Waals surface area contributed by atoms with E-state index in [-0.39, 0.29) is 0 Å². The van der Waals surface area contributed by atoms with Crippen LogP contribution in [0.1, 0.15) is 18.2 Å². The number of pyridine rings is 1. The lowest BCUT2D eigenvalue weighted by molar-refractivity contribution is 1.11. The molecule has 4 heterocycles. The highest BCUT2D eigenvalue weighted by molar-refractivity contribution is 6.10. The van der Waals surface area contributed by atoms with Gasteiger partial charge in [-0.1, -0.05) is 146 Å². The number of para-hydroxylation sites is 5. The minimum Gasteiger partial charge on any atom is -0.309 e. The molecule has 8 aromatic carbocycles. The van der Waals surface area contributed by atoms with E-state index < -0.39 is 0 Å². The van der Waals surface area contributed by atoms with Crippen molar-refractivity contribution in [2.24, 2.45) is 0 Å². The van der Waals surface area contributed by atoms with E-state index in [0.717, 1.165) is 61.9 Å². The Morgan fingerprint density at radius 3 is 1.11 bits per heavy atom. The average Bonchev–Trinajstić information content (AvgIpc) is 4.00. The van der Waals surface area contributed by atoms with Crippen molar-refractivity contribution in [2.45, 2.75) is 6.92 Å². The van der Waals surface area contributed by atoms with Gasteiger partial charge in [0.2, 0.25) is 0 Å². The van der Waals surface area contributed by atoms with Crippen LogP contribution < -0.4 is 0 Å². The highest BCUT2D eigenvalue weighted by atomic mass is 15.0. The first-order valence-corrected chi connectivity index (χ1v) is 21.9. The molecule has 0 unspecified atom stereocenters. The Kier molecular flexibility index (Phi) is 8.84. The van der Waals surface area contributed by atoms with Crippen LogP contribution >= 0.6 is 0 Å². The van der Waals surface area contributed by atoms with Crippen molar-refractivity contribution in [1.82, 2.24) is 18.7 Å². The van der Waals surface area contributed by atoms with Crippen LogP contribution in [0.15, 0.2) is 219 Å². The van der Waals surface area contributed by atoms with Gasteiger partial charge in [-0.25, -0.2) is 4.98 Å². The third kappa shape index (κ3) is 5.95. The smallest absolute Gasteiger partial charge is 0.0715 e. The maximum atomic E-state index is 5.39. The molecule has 0 radical (unpaired) electrons. The molecular formula is C60H42N4. The summed E-state index contributed by atoms with van der Waals surface area (Å²) >= 11 is 0. The summed E-state index contributed by atoms with van der Waals surface area (Å²) in [5, 5.41) is 6.21. The fourth-order valence-electron chi connectivity index (χ4n) is 9.87. The maximum absolute atomic E-state index is 5.39. The number of benzene rings is 8. The summed E-state index contributed by atoms with van der Waals surface area (Å²) in [6.07, 6.45) is 6.23. The van der Waals surface area contributed by atoms with Gasteiger partial charge in [-0.05, 0) is 103 Å². The van der Waals surface area contributed by atoms with E-state index in [4.69, 9.17) is 4.98 Å². The van der Waals surface area contributed by atoms with E-state index in [1.54, 1.807) is 0 Å². The van der Waals surface area contributed by atoms with Crippen LogP contribution in [0.25, 0.3) is 117 Å². The van der Waals surface area contributed by atoms with Gasteiger partial charge in [0.15, 0.2) is 0 Å². The molecule has 0 saturated carbocycles. The lowest BCUT2D eigenvalue weighted by Gasteiger charge is -2.14. The number of allylic oxidation sites excluding steroid dienone is 1. The molecule has 0 amide bonds. The Morgan fingerprint density at radius 2 is 0.719 bits per heavy atom. The fourth-order valence-corrected chi connectivity index (χ4v) is 9.87. The number of hydrogen-bond acceptors (Lipinski definition) is 1. The second kappa shape index (κ2) is 15.2. The van der Waals surface area contributed by atoms with Gasteiger partial charge in [-0.3, -0.25) is 0 Å². The zero-order valence-electron chi connectivity index (χ0n) is 35.4. The van der Waals surface area contributed by atoms with Gasteiger partial charge in [-0.2, -0.15) is 0 Å². The van der Waals surface area contributed by atoms with Gasteiger partial charge in [-0.15, -0.1) is 0 Å². The van der Waals surface area contributed by atoms with Crippen molar-refractivity contribution in [1.29, 1.82) is 0 Å². The van der Waals surface area contributed by atoms with Crippen LogP contribution in [0.3, 0.4) is 0 Å². The molecule has 4 aromatic heterocycles. The number of hydrogen-bond donors (Lipinski definition) is 0. The first kappa shape index (κ1) is 37.3. The molecule has 302 valence electrons. The third-order valence-electron chi connectivity index (χ3n) is 12.8. The number of rotatable bonds is 8. The highest BCUT2D eigenvalue weighted by Crippen LogP contribution is 2.37. The molecule has 0 atom stereocenters. The van der Waals surface area contributed by atoms with E-state index in [0.29, 0.717) is 0 Å². The Bertz CT molecular complexity index is 3500. The van der Waals surface area contributed by atoms with E-state index in [2.05, 4.69) is 246 Å². The van der Waals surface area contributed by atoms with Crippen LogP contribution in [0.5, 0.6) is 0 Å². The molecule has 12 aromatic rings. The zero-order chi connectivity index (χ0) is 42.7. The summed E-state index contributed by atoms with van der Waals surface area (Å²) in [6, 6.07) is 74.2. The van der Waals surface area contributed by atoms with Gasteiger partial charge in [0.05, 0.1) is 44.7 Å². The van der Waals surface area contributed by atoms with E-state index >= 15 is 0 Å². The standard InChI is InChI=1S/C60H42N4/c1-3-15-47-48-16-5-10-21-56(48)62(55(47)4-2)44-32-26-40(27-33-44)43-38-53(41-28-34-45(35-29-41)63-57-22-11-6-17-49(57)50-18-7-12-23-58(50)63)61-54(39-43)42-30-36-46(37-31-42)64-59-24-13-8-19-51(59)52-20-9-14-25-60(52)64/h3-39H,2H2,1H3/b15-3-. The summed E-state index contributed by atoms with van der Waals surface area (Å²) in [5.41, 5.74) is 17.6. The molecule has 4 heteroatoms. The number of fused-ring (bicyclic) bond motifs is 7. The van der Waals surface area contributed by atoms with Crippen molar-refractivity contribution >= 4 is 66.7 Å². The number of aromatic nitrogens is 4. The topological polar surface area (TPSA) is 27.7 Å². The van der Waals surface area contributed by atoms with Gasteiger partial charge in [0, 0.05) is 60.7 Å². The monoisotopic (exact) mass is 818 g/mol. The predicted octanol–water partition coefficient (Wildman–Crippen LogP) is 15.9. The molecule has 0 N–H and O–H groups in total. The summed E-state index contributed by atoms with van der Waals surface area (Å²) in [6.45, 7) is 6.29. The zero-order valence-corrected chi connectivity index (χ0v) is 35.4. The summed E-state index contributed by atoms with van der Waals surface area (Å²) in [5.74, 6) is 0. The normalized spacial score (nSPS) is 11.8. The molecule has 0 spiro atoms. The minimum absolute atomic E-state index is 0.915. The molecule has 0 aliphatic carbocycles. The SMILES string of the molecule is C=Cc1c(/C=C\C)c2ccccc2n1-c1ccc(-c2cc(-c3ccc(-n4c5ccccc5c5ccccc54)cc3)nc(-c3ccc(-n4c5ccccc5c5ccccc54)cc3)c2)cc1. The summed E-state index contributed by atoms with van der Waals surface area (Å²) in [7, 11) is 0.